The van der Waals surface area contributed by atoms with Gasteiger partial charge in [-0.3, -0.25) is 0 Å². The summed E-state index contributed by atoms with van der Waals surface area (Å²) in [7, 11) is 0. The van der Waals surface area contributed by atoms with Crippen molar-refractivity contribution in [2.45, 2.75) is 13.0 Å². The number of rotatable bonds is 5. The van der Waals surface area contributed by atoms with Crippen LogP contribution in [0.3, 0.4) is 0 Å². The summed E-state index contributed by atoms with van der Waals surface area (Å²) in [5.41, 5.74) is 1.18. The van der Waals surface area contributed by atoms with Crippen LogP contribution in [0.25, 0.3) is 0 Å². The molecule has 0 saturated carbocycles. The van der Waals surface area contributed by atoms with Gasteiger partial charge < -0.3 is 20.1 Å². The van der Waals surface area contributed by atoms with E-state index in [1.54, 1.807) is 0 Å². The zero-order valence-corrected chi connectivity index (χ0v) is 11.1. The summed E-state index contributed by atoms with van der Waals surface area (Å²) in [5, 5.41) is 12.3. The lowest BCUT2D eigenvalue weighted by Crippen LogP contribution is -3.21. The van der Waals surface area contributed by atoms with Gasteiger partial charge in [0.05, 0.1) is 0 Å². The number of nitrogens with one attached hydrogen (secondary N) is 1. The number of aryl methyl sites for hydroxylation is 1. The molecule has 1 aliphatic rings. The van der Waals surface area contributed by atoms with Crippen molar-refractivity contribution in [2.24, 2.45) is 0 Å². The largest absolute Gasteiger partial charge is 0.491 e. The maximum Gasteiger partial charge on any atom is 0.137 e. The average Bonchev–Trinajstić information content (AvgIpc) is 2.38. The van der Waals surface area contributed by atoms with Gasteiger partial charge in [0.15, 0.2) is 0 Å². The Morgan fingerprint density at radius 2 is 2.17 bits per heavy atom. The second-order valence-electron chi connectivity index (χ2n) is 5.10. The fourth-order valence-electron chi connectivity index (χ4n) is 2.38. The first-order valence-corrected chi connectivity index (χ1v) is 6.77. The van der Waals surface area contributed by atoms with Crippen molar-refractivity contribution in [3.63, 3.8) is 0 Å². The van der Waals surface area contributed by atoms with E-state index in [4.69, 9.17) is 4.74 Å². The summed E-state index contributed by atoms with van der Waals surface area (Å²) >= 11 is 0. The third kappa shape index (κ3) is 4.29. The Kier molecular flexibility index (Phi) is 4.99. The molecule has 1 aromatic rings. The van der Waals surface area contributed by atoms with Crippen LogP contribution in [0.1, 0.15) is 5.56 Å². The fourth-order valence-corrected chi connectivity index (χ4v) is 2.38. The molecule has 0 unspecified atom stereocenters. The van der Waals surface area contributed by atoms with Crippen LogP contribution < -0.4 is 15.0 Å². The summed E-state index contributed by atoms with van der Waals surface area (Å²) < 4.78 is 5.62. The molecule has 1 atom stereocenters. The fraction of sp³-hybridized carbons (Fsp3) is 0.571. The number of hydrogen-bond acceptors (Lipinski definition) is 2. The normalized spacial score (nSPS) is 18.6. The molecule has 0 spiro atoms. The van der Waals surface area contributed by atoms with Crippen LogP contribution >= 0.6 is 0 Å². The molecule has 4 N–H and O–H groups in total. The van der Waals surface area contributed by atoms with Crippen molar-refractivity contribution in [3.05, 3.63) is 29.8 Å². The molecule has 4 heteroatoms. The van der Waals surface area contributed by atoms with Crippen LogP contribution in [-0.2, 0) is 0 Å². The molecule has 0 bridgehead atoms. The van der Waals surface area contributed by atoms with Crippen molar-refractivity contribution in [2.75, 3.05) is 39.3 Å². The molecule has 2 rings (SSSR count). The summed E-state index contributed by atoms with van der Waals surface area (Å²) in [6.07, 6.45) is -0.376. The molecule has 18 heavy (non-hydrogen) atoms. The summed E-state index contributed by atoms with van der Waals surface area (Å²) in [6.45, 7) is 7.83. The number of benzene rings is 1. The van der Waals surface area contributed by atoms with E-state index >= 15 is 0 Å². The summed E-state index contributed by atoms with van der Waals surface area (Å²) in [4.78, 5) is 1.48. The van der Waals surface area contributed by atoms with Gasteiger partial charge >= 0.3 is 0 Å². The minimum absolute atomic E-state index is 0.376. The first kappa shape index (κ1) is 13.3. The predicted octanol–water partition coefficient (Wildman–Crippen LogP) is -1.80. The Morgan fingerprint density at radius 1 is 1.39 bits per heavy atom. The van der Waals surface area contributed by atoms with Gasteiger partial charge in [0.1, 0.15) is 51.2 Å². The summed E-state index contributed by atoms with van der Waals surface area (Å²) in [5.74, 6) is 0.844. The minimum Gasteiger partial charge on any atom is -0.491 e. The molecule has 1 aliphatic heterocycles. The highest BCUT2D eigenvalue weighted by atomic mass is 16.5. The zero-order chi connectivity index (χ0) is 12.8. The lowest BCUT2D eigenvalue weighted by molar-refractivity contribution is -0.949. The maximum atomic E-state index is 9.98. The first-order valence-electron chi connectivity index (χ1n) is 6.77. The van der Waals surface area contributed by atoms with Gasteiger partial charge in [0.2, 0.25) is 0 Å². The standard InChI is InChI=1S/C14H22N2O2/c1-12-3-2-4-14(9-12)18-11-13(17)10-16-7-5-15-6-8-16/h2-4,9,13,15,17H,5-8,10-11H2,1H3/p+2/t13-/m1/s1. The lowest BCUT2D eigenvalue weighted by Gasteiger charge is -2.24. The number of aliphatic hydroxyl groups is 1. The molecule has 1 fully saturated rings. The summed E-state index contributed by atoms with van der Waals surface area (Å²) in [6, 6.07) is 7.94. The van der Waals surface area contributed by atoms with E-state index in [0.717, 1.165) is 25.4 Å². The van der Waals surface area contributed by atoms with Gasteiger partial charge in [0.25, 0.3) is 0 Å². The van der Waals surface area contributed by atoms with Crippen LogP contribution in [0.4, 0.5) is 0 Å². The van der Waals surface area contributed by atoms with Crippen LogP contribution in [0.2, 0.25) is 0 Å². The highest BCUT2D eigenvalue weighted by Gasteiger charge is 2.19. The van der Waals surface area contributed by atoms with Crippen molar-refractivity contribution >= 4 is 0 Å². The van der Waals surface area contributed by atoms with Crippen LogP contribution in [0.5, 0.6) is 5.75 Å². The SMILES string of the molecule is Cc1cccc(OC[C@H](O)C[NH+]2CC[NH2+]CC2)c1. The molecule has 0 aromatic heterocycles. The van der Waals surface area contributed by atoms with E-state index < -0.39 is 0 Å². The Hall–Kier alpha value is -1.10. The van der Waals surface area contributed by atoms with E-state index in [1.807, 2.05) is 31.2 Å². The molecule has 1 aromatic carbocycles. The van der Waals surface area contributed by atoms with E-state index in [2.05, 4.69) is 5.32 Å². The third-order valence-corrected chi connectivity index (χ3v) is 3.36. The Morgan fingerprint density at radius 3 is 2.89 bits per heavy atom. The topological polar surface area (TPSA) is 50.5 Å². The second-order valence-corrected chi connectivity index (χ2v) is 5.10. The smallest absolute Gasteiger partial charge is 0.137 e. The third-order valence-electron chi connectivity index (χ3n) is 3.36. The minimum atomic E-state index is -0.376. The number of nitrogens with two attached hydrogens (primary N) is 1. The van der Waals surface area contributed by atoms with Gasteiger partial charge in [-0.1, -0.05) is 12.1 Å². The Bertz CT molecular complexity index is 365. The number of hydrogen-bond donors (Lipinski definition) is 3. The number of ether oxygens (including phenoxy) is 1. The number of piperazine rings is 1. The van der Waals surface area contributed by atoms with Crippen molar-refractivity contribution in [1.29, 1.82) is 0 Å². The van der Waals surface area contributed by atoms with E-state index in [-0.39, 0.29) is 6.10 Å². The molecule has 1 heterocycles. The Labute approximate surface area is 109 Å². The zero-order valence-electron chi connectivity index (χ0n) is 11.1. The first-order chi connectivity index (χ1) is 8.74. The van der Waals surface area contributed by atoms with E-state index in [0.29, 0.717) is 6.61 Å². The predicted molar refractivity (Wildman–Crippen MR) is 69.9 cm³/mol. The highest BCUT2D eigenvalue weighted by Crippen LogP contribution is 2.12. The van der Waals surface area contributed by atoms with Gasteiger partial charge in [-0.2, -0.15) is 0 Å². The van der Waals surface area contributed by atoms with Gasteiger partial charge in [-0.15, -0.1) is 0 Å². The molecule has 1 saturated heterocycles. The van der Waals surface area contributed by atoms with E-state index in [1.165, 1.54) is 23.6 Å². The molecular formula is C14H24N2O2+2. The van der Waals surface area contributed by atoms with Gasteiger partial charge in [-0.25, -0.2) is 0 Å². The molecule has 0 aliphatic carbocycles. The van der Waals surface area contributed by atoms with Crippen LogP contribution in [0, 0.1) is 6.92 Å². The molecular weight excluding hydrogens is 228 g/mol. The highest BCUT2D eigenvalue weighted by molar-refractivity contribution is 5.27. The van der Waals surface area contributed by atoms with Crippen LogP contribution in [-0.4, -0.2) is 50.5 Å². The second kappa shape index (κ2) is 6.73. The number of quaternary nitrogens is 2. The van der Waals surface area contributed by atoms with Gasteiger partial charge in [0, 0.05) is 0 Å². The molecule has 100 valence electrons. The Balaban J connectivity index is 1.72. The van der Waals surface area contributed by atoms with Crippen molar-refractivity contribution in [3.8, 4) is 5.75 Å². The lowest BCUT2D eigenvalue weighted by atomic mass is 10.2. The number of aliphatic hydroxyl groups excluding tert-OH is 1. The molecule has 0 radical (unpaired) electrons. The van der Waals surface area contributed by atoms with Crippen molar-refractivity contribution in [1.82, 2.24) is 0 Å². The molecule has 4 nitrogen and oxygen atoms in total. The molecule has 0 amide bonds. The average molecular weight is 252 g/mol. The maximum absolute atomic E-state index is 9.98. The van der Waals surface area contributed by atoms with Crippen LogP contribution in [0.15, 0.2) is 24.3 Å². The van der Waals surface area contributed by atoms with Gasteiger partial charge in [-0.05, 0) is 24.6 Å². The monoisotopic (exact) mass is 252 g/mol. The quantitative estimate of drug-likeness (QED) is 0.579. The van der Waals surface area contributed by atoms with E-state index in [9.17, 15) is 5.11 Å². The van der Waals surface area contributed by atoms with Crippen molar-refractivity contribution < 1.29 is 20.1 Å².